The molecule has 128 valence electrons. The molecule has 1 amide bonds. The molecule has 25 heavy (non-hydrogen) atoms. The second-order valence-corrected chi connectivity index (χ2v) is 7.60. The Morgan fingerprint density at radius 2 is 1.68 bits per heavy atom. The molecule has 0 aliphatic heterocycles. The lowest BCUT2D eigenvalue weighted by Crippen LogP contribution is -2.30. The standard InChI is InChI=1S/C18H15ClN2O3S/c1-13-12-14(4-9-17(13)21-10-2-3-11-21)18(22)20-25(23,24)16-7-5-15(19)6-8-16/h2-12H,1H3,(H,20,22). The summed E-state index contributed by atoms with van der Waals surface area (Å²) >= 11 is 5.75. The molecular formula is C18H15ClN2O3S. The molecule has 0 atom stereocenters. The van der Waals surface area contributed by atoms with Crippen LogP contribution in [-0.2, 0) is 10.0 Å². The molecule has 0 saturated carbocycles. The summed E-state index contributed by atoms with van der Waals surface area (Å²) in [6.45, 7) is 1.86. The molecule has 0 spiro atoms. The molecule has 1 N–H and O–H groups in total. The highest BCUT2D eigenvalue weighted by Crippen LogP contribution is 2.18. The molecule has 0 bridgehead atoms. The van der Waals surface area contributed by atoms with Crippen molar-refractivity contribution >= 4 is 27.5 Å². The van der Waals surface area contributed by atoms with Gasteiger partial charge >= 0.3 is 0 Å². The van der Waals surface area contributed by atoms with Gasteiger partial charge in [0.25, 0.3) is 15.9 Å². The average Bonchev–Trinajstić information content (AvgIpc) is 3.09. The summed E-state index contributed by atoms with van der Waals surface area (Å²) in [5.41, 5.74) is 2.04. The minimum Gasteiger partial charge on any atom is -0.324 e. The zero-order chi connectivity index (χ0) is 18.0. The summed E-state index contributed by atoms with van der Waals surface area (Å²) in [4.78, 5) is 12.3. The van der Waals surface area contributed by atoms with Crippen LogP contribution in [0.15, 0.2) is 71.9 Å². The number of amides is 1. The van der Waals surface area contributed by atoms with Crippen molar-refractivity contribution in [2.24, 2.45) is 0 Å². The van der Waals surface area contributed by atoms with Crippen LogP contribution in [0.5, 0.6) is 0 Å². The molecular weight excluding hydrogens is 360 g/mol. The lowest BCUT2D eigenvalue weighted by atomic mass is 10.1. The molecule has 3 rings (SSSR count). The molecule has 3 aromatic rings. The van der Waals surface area contributed by atoms with Crippen LogP contribution in [0.3, 0.4) is 0 Å². The first-order chi connectivity index (χ1) is 11.9. The van der Waals surface area contributed by atoms with Crippen LogP contribution >= 0.6 is 11.6 Å². The first kappa shape index (κ1) is 17.3. The third-order valence-electron chi connectivity index (χ3n) is 3.69. The molecule has 1 heterocycles. The number of nitrogens with one attached hydrogen (secondary N) is 1. The van der Waals surface area contributed by atoms with Gasteiger partial charge in [-0.05, 0) is 67.1 Å². The maximum atomic E-state index is 12.3. The van der Waals surface area contributed by atoms with Gasteiger partial charge in [-0.15, -0.1) is 0 Å². The van der Waals surface area contributed by atoms with Crippen LogP contribution < -0.4 is 4.72 Å². The maximum absolute atomic E-state index is 12.3. The van der Waals surface area contributed by atoms with Crippen molar-refractivity contribution in [3.63, 3.8) is 0 Å². The van der Waals surface area contributed by atoms with Gasteiger partial charge in [0, 0.05) is 28.7 Å². The van der Waals surface area contributed by atoms with Crippen LogP contribution in [0.25, 0.3) is 5.69 Å². The zero-order valence-electron chi connectivity index (χ0n) is 13.3. The zero-order valence-corrected chi connectivity index (χ0v) is 14.9. The maximum Gasteiger partial charge on any atom is 0.265 e. The van der Waals surface area contributed by atoms with Gasteiger partial charge < -0.3 is 4.57 Å². The number of benzene rings is 2. The molecule has 0 aliphatic rings. The number of aryl methyl sites for hydroxylation is 1. The van der Waals surface area contributed by atoms with Crippen molar-refractivity contribution < 1.29 is 13.2 Å². The highest BCUT2D eigenvalue weighted by Gasteiger charge is 2.19. The summed E-state index contributed by atoms with van der Waals surface area (Å²) in [7, 11) is -3.95. The van der Waals surface area contributed by atoms with E-state index in [1.165, 1.54) is 24.3 Å². The summed E-state index contributed by atoms with van der Waals surface area (Å²) in [6, 6.07) is 14.4. The van der Waals surface area contributed by atoms with Gasteiger partial charge in [0.05, 0.1) is 4.90 Å². The highest BCUT2D eigenvalue weighted by molar-refractivity contribution is 7.90. The van der Waals surface area contributed by atoms with E-state index in [0.717, 1.165) is 11.3 Å². The van der Waals surface area contributed by atoms with E-state index < -0.39 is 15.9 Å². The van der Waals surface area contributed by atoms with Crippen molar-refractivity contribution in [2.45, 2.75) is 11.8 Å². The Bertz CT molecular complexity index is 1010. The van der Waals surface area contributed by atoms with Gasteiger partial charge in [-0.2, -0.15) is 0 Å². The molecule has 2 aromatic carbocycles. The number of aromatic nitrogens is 1. The first-order valence-corrected chi connectivity index (χ1v) is 9.30. The van der Waals surface area contributed by atoms with Crippen LogP contribution in [0.2, 0.25) is 5.02 Å². The number of hydrogen-bond acceptors (Lipinski definition) is 3. The third-order valence-corrected chi connectivity index (χ3v) is 5.29. The van der Waals surface area contributed by atoms with Crippen LogP contribution in [0.4, 0.5) is 0 Å². The van der Waals surface area contributed by atoms with E-state index in [2.05, 4.69) is 4.72 Å². The van der Waals surface area contributed by atoms with E-state index in [4.69, 9.17) is 11.6 Å². The fourth-order valence-corrected chi connectivity index (χ4v) is 3.54. The van der Waals surface area contributed by atoms with Gasteiger partial charge in [0.1, 0.15) is 0 Å². The Labute approximate surface area is 150 Å². The molecule has 7 heteroatoms. The fourth-order valence-electron chi connectivity index (χ4n) is 2.44. The summed E-state index contributed by atoms with van der Waals surface area (Å²) in [5, 5.41) is 0.418. The summed E-state index contributed by atoms with van der Waals surface area (Å²) in [5.74, 6) is -0.683. The first-order valence-electron chi connectivity index (χ1n) is 7.43. The van der Waals surface area contributed by atoms with Crippen LogP contribution in [-0.4, -0.2) is 18.9 Å². The van der Waals surface area contributed by atoms with Gasteiger partial charge in [0.15, 0.2) is 0 Å². The van der Waals surface area contributed by atoms with Crippen LogP contribution in [0.1, 0.15) is 15.9 Å². The second-order valence-electron chi connectivity index (χ2n) is 5.48. The monoisotopic (exact) mass is 374 g/mol. The molecule has 5 nitrogen and oxygen atoms in total. The second kappa shape index (κ2) is 6.74. The van der Waals surface area contributed by atoms with E-state index in [1.807, 2.05) is 36.0 Å². The van der Waals surface area contributed by atoms with Crippen molar-refractivity contribution in [3.8, 4) is 5.69 Å². The lowest BCUT2D eigenvalue weighted by molar-refractivity contribution is 0.0981. The van der Waals surface area contributed by atoms with Gasteiger partial charge in [0.2, 0.25) is 0 Å². The fraction of sp³-hybridized carbons (Fsp3) is 0.0556. The van der Waals surface area contributed by atoms with Gasteiger partial charge in [-0.25, -0.2) is 13.1 Å². The van der Waals surface area contributed by atoms with E-state index in [9.17, 15) is 13.2 Å². The van der Waals surface area contributed by atoms with Gasteiger partial charge in [-0.3, -0.25) is 4.79 Å². The number of rotatable bonds is 4. The highest BCUT2D eigenvalue weighted by atomic mass is 35.5. The Balaban J connectivity index is 1.84. The smallest absolute Gasteiger partial charge is 0.265 e. The Hall–Kier alpha value is -2.57. The molecule has 0 radical (unpaired) electrons. The van der Waals surface area contributed by atoms with Crippen LogP contribution in [0, 0.1) is 6.92 Å². The molecule has 0 fully saturated rings. The molecule has 1 aromatic heterocycles. The Kier molecular flexibility index (Phi) is 4.65. The number of halogens is 1. The van der Waals surface area contributed by atoms with E-state index in [-0.39, 0.29) is 10.5 Å². The molecule has 0 saturated heterocycles. The molecule has 0 unspecified atom stereocenters. The molecule has 0 aliphatic carbocycles. The predicted molar refractivity (Wildman–Crippen MR) is 96.6 cm³/mol. The topological polar surface area (TPSA) is 68.2 Å². The average molecular weight is 375 g/mol. The lowest BCUT2D eigenvalue weighted by Gasteiger charge is -2.11. The van der Waals surface area contributed by atoms with Gasteiger partial charge in [-0.1, -0.05) is 11.6 Å². The van der Waals surface area contributed by atoms with Crippen molar-refractivity contribution in [3.05, 3.63) is 83.1 Å². The number of carbonyl (C=O) groups excluding carboxylic acids is 1. The number of nitrogens with zero attached hydrogens (tertiary/aromatic N) is 1. The largest absolute Gasteiger partial charge is 0.324 e. The minimum absolute atomic E-state index is 0.0223. The predicted octanol–water partition coefficient (Wildman–Crippen LogP) is 3.56. The Morgan fingerprint density at radius 1 is 1.04 bits per heavy atom. The summed E-state index contributed by atoms with van der Waals surface area (Å²) in [6.07, 6.45) is 3.79. The summed E-state index contributed by atoms with van der Waals surface area (Å²) < 4.78 is 28.6. The Morgan fingerprint density at radius 3 is 2.28 bits per heavy atom. The number of sulfonamides is 1. The van der Waals surface area contributed by atoms with Crippen molar-refractivity contribution in [1.29, 1.82) is 0 Å². The van der Waals surface area contributed by atoms with E-state index >= 15 is 0 Å². The van der Waals surface area contributed by atoms with Crippen molar-refractivity contribution in [1.82, 2.24) is 9.29 Å². The third kappa shape index (κ3) is 3.75. The SMILES string of the molecule is Cc1cc(C(=O)NS(=O)(=O)c2ccc(Cl)cc2)ccc1-n1cccc1. The van der Waals surface area contributed by atoms with E-state index in [1.54, 1.807) is 18.2 Å². The quantitative estimate of drug-likeness (QED) is 0.759. The normalized spacial score (nSPS) is 11.3. The number of carbonyl (C=O) groups is 1. The number of hydrogen-bond donors (Lipinski definition) is 1. The van der Waals surface area contributed by atoms with E-state index in [0.29, 0.717) is 5.02 Å². The minimum atomic E-state index is -3.95. The van der Waals surface area contributed by atoms with Crippen molar-refractivity contribution in [2.75, 3.05) is 0 Å².